The van der Waals surface area contributed by atoms with Crippen LogP contribution in [0.1, 0.15) is 154 Å². The van der Waals surface area contributed by atoms with Gasteiger partial charge in [-0.25, -0.2) is 0 Å². The van der Waals surface area contributed by atoms with Gasteiger partial charge < -0.3 is 198 Å². The SMILES string of the molecule is O=C(O)CCCCSC[C@@H]1O[C@@H]2O[C@H]3[C@H](O)[C@@H](O)[C@@H](O[C@H]4[C@H](O)[C@@H](O)[C@@H](O[C@H]5[C@H](O)[C@@H](O)[C@@H](O[C@H]6[C@H](O)[C@@H](O)[C@@H](O[C@H]7[C@H](O)[C@H](O)[C@@H](O[C@H]8[C@H](O)[C@@H](O)[C@@H](O[C@H]9[C@H](O)[C@@H](O)[C@@H](O[C@H]1[C@H](O)[C@H]2O)O[C@H]9CSCCCCC(=O)O)O[C@@H]8CSCCCCC(=O)O)O[C@@H]7CSCCCCC(=O)O)O[C@@H]6CSCCCCC(=O)O)O[C@@H]5CSCCCCC(=O)O)O[C@@H]4CSCCCCC(=O)O)O[C@H]3CSCCCCC(=O)O. The van der Waals surface area contributed by atoms with Crippen molar-refractivity contribution in [3.05, 3.63) is 0 Å². The minimum absolute atomic E-state index is 0.205. The predicted molar refractivity (Wildman–Crippen MR) is 515 cm³/mol. The highest BCUT2D eigenvalue weighted by Crippen LogP contribution is 2.44. The van der Waals surface area contributed by atoms with E-state index in [0.29, 0.717) is 51.4 Å². The van der Waals surface area contributed by atoms with Crippen LogP contribution in [0.25, 0.3) is 0 Å². The molecule has 0 radical (unpaired) electrons. The first kappa shape index (κ1) is 125. The van der Waals surface area contributed by atoms with Crippen molar-refractivity contribution in [2.24, 2.45) is 0 Å². The Labute approximate surface area is 865 Å². The number of hydrogen-bond acceptors (Lipinski definition) is 48. The maximum atomic E-state index is 12.6. The molecule has 30 fully saturated rings. The third-order valence-corrected chi connectivity index (χ3v) is 34.3. The maximum absolute atomic E-state index is 12.6. The number of carboxylic acid groups (broad SMARTS) is 8. The standard InChI is InChI=1S/C88H144O48S8/c89-49(90)17-1-9-25-137-33-41-73-57(105)65(113)81(121-41)130-74-42(34-138-26-10-2-18-50(91)92)123-83(67(115)59(74)107)132-76-44(36-140-28-12-4-20-52(95)96)125-85(69(117)61(76)109)134-78-46(38-142-30-14-6-22-54(99)100)127-87(71(119)63(78)111)136-80-48(40-144-32-16-8-24-56(103)104)128-88(72(120)64(80)112)135-79-47(39-143-31-15-7-23-55(101)102)126-86(70(118)62(79)110)133-77-45(37-141-29-13-5-21-53(97)98)124-84(68(116)60(77)108)131-75-43(35-139-27-11-3-19-51(93)94)122-82(129-73)66(114)58(75)106/h41-48,57-88,105-120H,1-40H2,(H,89,90)(H,91,92)(H,93,94)(H,95,96)(H,97,98)(H,99,100)(H,101,102)(H,103,104)/t41-,42-,43-,44-,45-,46+,47+,48+,57-,58-,59-,60-,61-,62-,63-,64-,65-,66-,67+,68-,69-,70-,71-,72-,73-,74-,75-,76-,77-,78-,79-,80-,81-,82-,83-,84-,85-,86-,87-,88-/m1/s1. The van der Waals surface area contributed by atoms with E-state index in [2.05, 4.69) is 0 Å². The fourth-order valence-corrected chi connectivity index (χ4v) is 25.8. The lowest BCUT2D eigenvalue weighted by Gasteiger charge is -2.51. The van der Waals surface area contributed by atoms with Crippen molar-refractivity contribution in [2.75, 3.05) is 92.0 Å². The van der Waals surface area contributed by atoms with E-state index in [4.69, 9.17) is 75.8 Å². The third-order valence-electron chi connectivity index (χ3n) is 25.1. The Bertz CT molecular complexity index is 3090. The Hall–Kier alpha value is -2.72. The number of unbranched alkanes of at least 4 members (excludes halogenated alkanes) is 8. The van der Waals surface area contributed by atoms with E-state index in [1.165, 1.54) is 0 Å². The fraction of sp³-hybridized carbons (Fsp3) is 0.909. The van der Waals surface area contributed by atoms with Crippen LogP contribution < -0.4 is 0 Å². The number of hydrogen-bond donors (Lipinski definition) is 24. The van der Waals surface area contributed by atoms with Gasteiger partial charge in [-0.15, -0.1) is 0 Å². The monoisotopic (exact) mass is 2220 g/mol. The number of carbonyl (C=O) groups is 8. The molecular formula is C88H144O48S8. The van der Waals surface area contributed by atoms with Gasteiger partial charge in [-0.05, 0) is 149 Å². The van der Waals surface area contributed by atoms with Gasteiger partial charge in [-0.3, -0.25) is 38.4 Å². The number of ether oxygens (including phenoxy) is 16. The molecule has 30 aliphatic heterocycles. The summed E-state index contributed by atoms with van der Waals surface area (Å²) < 4.78 is 104. The summed E-state index contributed by atoms with van der Waals surface area (Å²) in [5.74, 6) is -8.41. The predicted octanol–water partition coefficient (Wildman–Crippen LogP) is -1.44. The summed E-state index contributed by atoms with van der Waals surface area (Å²) in [5, 5.41) is 276. The second kappa shape index (κ2) is 64.6. The van der Waals surface area contributed by atoms with Crippen LogP contribution in [0.5, 0.6) is 0 Å². The van der Waals surface area contributed by atoms with Gasteiger partial charge in [-0.2, -0.15) is 94.1 Å². The van der Waals surface area contributed by atoms with E-state index < -0.39 is 293 Å². The molecule has 0 saturated carbocycles. The third kappa shape index (κ3) is 39.0. The molecule has 0 aromatic heterocycles. The van der Waals surface area contributed by atoms with Crippen molar-refractivity contribution in [1.82, 2.24) is 0 Å². The van der Waals surface area contributed by atoms with Crippen molar-refractivity contribution in [3.8, 4) is 0 Å². The Morgan fingerprint density at radius 3 is 0.333 bits per heavy atom. The van der Waals surface area contributed by atoms with Crippen molar-refractivity contribution < 1.29 is 237 Å². The average molecular weight is 2230 g/mol. The van der Waals surface area contributed by atoms with E-state index in [1.807, 2.05) is 0 Å². The zero-order valence-electron chi connectivity index (χ0n) is 79.2. The quantitative estimate of drug-likeness (QED) is 0.0310. The van der Waals surface area contributed by atoms with Crippen molar-refractivity contribution in [1.29, 1.82) is 0 Å². The molecule has 832 valence electrons. The Morgan fingerprint density at radius 2 is 0.243 bits per heavy atom. The van der Waals surface area contributed by atoms with Gasteiger partial charge in [0.05, 0.1) is 48.8 Å². The second-order valence-corrected chi connectivity index (χ2v) is 45.6. The normalized spacial score (nSPS) is 38.2. The molecule has 0 aromatic rings. The number of aliphatic hydroxyl groups is 16. The molecule has 0 amide bonds. The molecule has 30 aliphatic rings. The summed E-state index contributed by atoms with van der Waals surface area (Å²) in [6, 6.07) is 0. The number of rotatable bonds is 56. The first-order chi connectivity index (χ1) is 68.7. The molecule has 0 aliphatic carbocycles. The van der Waals surface area contributed by atoms with Crippen LogP contribution in [-0.4, -0.2) is 508 Å². The van der Waals surface area contributed by atoms with Crippen molar-refractivity contribution in [2.45, 2.75) is 400 Å². The molecule has 24 N–H and O–H groups in total. The van der Waals surface area contributed by atoms with Crippen molar-refractivity contribution in [3.63, 3.8) is 0 Å². The minimum atomic E-state index is -2.24. The fourth-order valence-electron chi connectivity index (χ4n) is 17.2. The molecule has 56 heteroatoms. The van der Waals surface area contributed by atoms with Crippen LogP contribution in [0.4, 0.5) is 0 Å². The lowest BCUT2D eigenvalue weighted by molar-refractivity contribution is -0.396. The molecule has 40 atom stereocenters. The molecule has 30 heterocycles. The van der Waals surface area contributed by atoms with Crippen LogP contribution in [0, 0.1) is 0 Å². The van der Waals surface area contributed by atoms with Gasteiger partial charge in [0.25, 0.3) is 0 Å². The second-order valence-electron chi connectivity index (χ2n) is 36.4. The summed E-state index contributed by atoms with van der Waals surface area (Å²) in [7, 11) is 0. The van der Waals surface area contributed by atoms with Crippen LogP contribution in [0.15, 0.2) is 0 Å². The van der Waals surface area contributed by atoms with Gasteiger partial charge in [0.2, 0.25) is 0 Å². The highest BCUT2D eigenvalue weighted by molar-refractivity contribution is 8.00. The van der Waals surface area contributed by atoms with Crippen LogP contribution in [0.3, 0.4) is 0 Å². The molecule has 30 saturated heterocycles. The molecule has 0 aromatic carbocycles. The zero-order chi connectivity index (χ0) is 105. The summed E-state index contributed by atoms with van der Waals surface area (Å²) in [6.07, 6.45) is -75.6. The number of aliphatic hydroxyl groups excluding tert-OH is 16. The summed E-state index contributed by atoms with van der Waals surface area (Å²) in [5.41, 5.74) is 0. The number of aliphatic carboxylic acids is 8. The lowest BCUT2D eigenvalue weighted by Crippen LogP contribution is -2.69. The molecule has 30 rings (SSSR count). The molecule has 144 heavy (non-hydrogen) atoms. The lowest BCUT2D eigenvalue weighted by atomic mass is 9.95. The summed E-state index contributed by atoms with van der Waals surface area (Å²) in [6.45, 7) is 0. The van der Waals surface area contributed by atoms with Crippen LogP contribution >= 0.6 is 94.1 Å². The Morgan fingerprint density at radius 1 is 0.146 bits per heavy atom. The Kier molecular flexibility index (Phi) is 55.9. The molecule has 0 spiro atoms. The number of thioether (sulfide) groups is 8. The van der Waals surface area contributed by atoms with Gasteiger partial charge in [-0.1, -0.05) is 0 Å². The van der Waals surface area contributed by atoms with Gasteiger partial charge in [0.15, 0.2) is 50.3 Å². The van der Waals surface area contributed by atoms with E-state index in [0.717, 1.165) is 94.1 Å². The molecule has 48 nitrogen and oxygen atoms in total. The highest BCUT2D eigenvalue weighted by Gasteiger charge is 2.61. The van der Waals surface area contributed by atoms with Crippen molar-refractivity contribution >= 4 is 142 Å². The molecular weight excluding hydrogens is 2080 g/mol. The molecule has 0 unspecified atom stereocenters. The van der Waals surface area contributed by atoms with E-state index in [1.54, 1.807) is 0 Å². The first-order valence-electron chi connectivity index (χ1n) is 48.5. The van der Waals surface area contributed by atoms with E-state index in [9.17, 15) is 161 Å². The molecule has 16 bridgehead atoms. The van der Waals surface area contributed by atoms with Crippen LogP contribution in [0.2, 0.25) is 0 Å². The van der Waals surface area contributed by atoms with Gasteiger partial charge >= 0.3 is 47.8 Å². The van der Waals surface area contributed by atoms with Gasteiger partial charge in [0.1, 0.15) is 146 Å². The largest absolute Gasteiger partial charge is 0.481 e. The number of carboxylic acids is 8. The zero-order valence-corrected chi connectivity index (χ0v) is 85.7. The van der Waals surface area contributed by atoms with Gasteiger partial charge in [0, 0.05) is 97.4 Å². The smallest absolute Gasteiger partial charge is 0.303 e. The topological polar surface area (TPSA) is 770 Å². The summed E-state index contributed by atoms with van der Waals surface area (Å²) in [4.78, 5) is 92.8. The summed E-state index contributed by atoms with van der Waals surface area (Å²) >= 11 is 9.14. The maximum Gasteiger partial charge on any atom is 0.303 e. The van der Waals surface area contributed by atoms with E-state index >= 15 is 0 Å². The minimum Gasteiger partial charge on any atom is -0.481 e. The first-order valence-corrected chi connectivity index (χ1v) is 57.7. The average Bonchev–Trinajstić information content (AvgIpc) is 0.769. The van der Waals surface area contributed by atoms with E-state index in [-0.39, 0.29) is 195 Å². The highest BCUT2D eigenvalue weighted by atomic mass is 32.2. The Balaban J connectivity index is 1.13. The van der Waals surface area contributed by atoms with Crippen LogP contribution in [-0.2, 0) is 114 Å².